The van der Waals surface area contributed by atoms with E-state index in [2.05, 4.69) is 57.7 Å². The summed E-state index contributed by atoms with van der Waals surface area (Å²) in [6.07, 6.45) is 0.981. The molecule has 10 nitrogen and oxygen atoms in total. The minimum absolute atomic E-state index is 0.0483. The van der Waals surface area contributed by atoms with Crippen molar-refractivity contribution in [3.63, 3.8) is 0 Å². The molecule has 1 aliphatic heterocycles. The fraction of sp³-hybridized carbons (Fsp3) is 0.333. The molecule has 256 valence electrons. The van der Waals surface area contributed by atoms with E-state index < -0.39 is 0 Å². The first kappa shape index (κ1) is 34.1. The van der Waals surface area contributed by atoms with E-state index in [9.17, 15) is 5.11 Å². The van der Waals surface area contributed by atoms with Crippen LogP contribution in [0.2, 0.25) is 0 Å². The normalized spacial score (nSPS) is 13.3. The minimum atomic E-state index is 0.0483. The highest BCUT2D eigenvalue weighted by molar-refractivity contribution is 5.69. The van der Waals surface area contributed by atoms with Crippen molar-refractivity contribution in [2.75, 3.05) is 52.6 Å². The fourth-order valence-electron chi connectivity index (χ4n) is 5.73. The van der Waals surface area contributed by atoms with Gasteiger partial charge in [-0.15, -0.1) is 10.2 Å². The Balaban J connectivity index is 1.09. The second-order valence-corrected chi connectivity index (χ2v) is 11.9. The van der Waals surface area contributed by atoms with Crippen molar-refractivity contribution in [1.29, 1.82) is 0 Å². The molecule has 0 radical (unpaired) electrons. The van der Waals surface area contributed by atoms with Crippen LogP contribution in [0.5, 0.6) is 17.2 Å². The molecule has 6 rings (SSSR count). The average molecular weight is 665 g/mol. The highest BCUT2D eigenvalue weighted by atomic mass is 16.5. The molecule has 0 aliphatic carbocycles. The van der Waals surface area contributed by atoms with E-state index in [1.54, 1.807) is 0 Å². The van der Waals surface area contributed by atoms with Gasteiger partial charge in [-0.25, -0.2) is 0 Å². The molecule has 5 aromatic rings. The van der Waals surface area contributed by atoms with Crippen LogP contribution in [0.15, 0.2) is 95.4 Å². The number of morpholine rings is 1. The quantitative estimate of drug-likeness (QED) is 0.114. The molecule has 1 aliphatic rings. The van der Waals surface area contributed by atoms with Gasteiger partial charge in [0.25, 0.3) is 5.89 Å². The number of aliphatic hydroxyl groups excluding tert-OH is 1. The minimum Gasteiger partial charge on any atom is -0.494 e. The van der Waals surface area contributed by atoms with Crippen molar-refractivity contribution >= 4 is 0 Å². The van der Waals surface area contributed by atoms with E-state index in [1.807, 2.05) is 60.7 Å². The van der Waals surface area contributed by atoms with Crippen LogP contribution in [-0.4, -0.2) is 72.8 Å². The third-order valence-corrected chi connectivity index (χ3v) is 8.46. The largest absolute Gasteiger partial charge is 0.494 e. The Morgan fingerprint density at radius 1 is 0.796 bits per heavy atom. The average Bonchev–Trinajstić information content (AvgIpc) is 3.63. The molecule has 1 fully saturated rings. The van der Waals surface area contributed by atoms with Gasteiger partial charge in [0, 0.05) is 49.9 Å². The molecule has 49 heavy (non-hydrogen) atoms. The number of rotatable bonds is 17. The van der Waals surface area contributed by atoms with Crippen LogP contribution < -0.4 is 19.5 Å². The molecule has 1 saturated heterocycles. The summed E-state index contributed by atoms with van der Waals surface area (Å²) in [4.78, 5) is 2.43. The highest BCUT2D eigenvalue weighted by Crippen LogP contribution is 2.31. The van der Waals surface area contributed by atoms with Gasteiger partial charge in [-0.05, 0) is 65.9 Å². The number of benzene rings is 4. The maximum Gasteiger partial charge on any atom is 0.254 e. The molecule has 1 aromatic heterocycles. The Hall–Kier alpha value is -4.74. The monoisotopic (exact) mass is 664 g/mol. The molecular formula is C39H44N4O6. The van der Waals surface area contributed by atoms with Crippen LogP contribution in [0.3, 0.4) is 0 Å². The third-order valence-electron chi connectivity index (χ3n) is 8.46. The van der Waals surface area contributed by atoms with Crippen LogP contribution >= 0.6 is 0 Å². The number of aromatic nitrogens is 2. The fourth-order valence-corrected chi connectivity index (χ4v) is 5.73. The first-order valence-corrected chi connectivity index (χ1v) is 16.9. The molecular weight excluding hydrogens is 620 g/mol. The number of nitrogens with one attached hydrogen (secondary N) is 1. The van der Waals surface area contributed by atoms with Crippen LogP contribution in [0.25, 0.3) is 22.6 Å². The van der Waals surface area contributed by atoms with Crippen molar-refractivity contribution in [2.45, 2.75) is 33.1 Å². The Labute approximate surface area is 287 Å². The van der Waals surface area contributed by atoms with E-state index in [-0.39, 0.29) is 13.2 Å². The molecule has 2 N–H and O–H groups in total. The molecule has 0 atom stereocenters. The first-order chi connectivity index (χ1) is 24.2. The van der Waals surface area contributed by atoms with Crippen molar-refractivity contribution in [1.82, 2.24) is 20.4 Å². The molecule has 2 heterocycles. The van der Waals surface area contributed by atoms with E-state index in [0.717, 1.165) is 78.4 Å². The Morgan fingerprint density at radius 3 is 2.47 bits per heavy atom. The Kier molecular flexibility index (Phi) is 12.3. The predicted molar refractivity (Wildman–Crippen MR) is 188 cm³/mol. The maximum absolute atomic E-state index is 9.25. The van der Waals surface area contributed by atoms with Gasteiger partial charge in [0.2, 0.25) is 5.89 Å². The molecule has 10 heteroatoms. The summed E-state index contributed by atoms with van der Waals surface area (Å²) in [7, 11) is 0. The topological polar surface area (TPSA) is 111 Å². The van der Waals surface area contributed by atoms with Gasteiger partial charge in [-0.2, -0.15) is 0 Å². The molecule has 0 unspecified atom stereocenters. The lowest BCUT2D eigenvalue weighted by Gasteiger charge is -2.26. The van der Waals surface area contributed by atoms with Crippen LogP contribution in [0.4, 0.5) is 0 Å². The molecule has 4 aromatic carbocycles. The van der Waals surface area contributed by atoms with Gasteiger partial charge >= 0.3 is 0 Å². The summed E-state index contributed by atoms with van der Waals surface area (Å²) in [5, 5.41) is 20.8. The number of nitrogens with zero attached hydrogens (tertiary/aromatic N) is 3. The SMILES string of the molecule is Cc1c(COc2ccc(CNCCO)c(OCc3nnc(-c4ccccc4)o3)c2)cccc1-c1cccc(OCCCN2CCOCC2)c1. The second-order valence-electron chi connectivity index (χ2n) is 11.9. The highest BCUT2D eigenvalue weighted by Gasteiger charge is 2.14. The van der Waals surface area contributed by atoms with E-state index in [1.165, 1.54) is 0 Å². The van der Waals surface area contributed by atoms with Crippen LogP contribution in [0, 0.1) is 6.92 Å². The van der Waals surface area contributed by atoms with Crippen molar-refractivity contribution in [2.24, 2.45) is 0 Å². The Morgan fingerprint density at radius 2 is 1.61 bits per heavy atom. The standard InChI is InChI=1S/C39H44N4O6/c1-29-33(11-6-13-36(29)31-10-5-12-34(24-31)46-21-7-17-43-18-22-45-23-19-43)27-47-35-15-14-32(26-40-16-20-44)37(25-35)48-28-38-41-42-39(49-38)30-8-3-2-4-9-30/h2-6,8-15,24-25,40,44H,7,16-23,26-28H2,1H3. The van der Waals surface area contributed by atoms with E-state index in [4.69, 9.17) is 23.4 Å². The van der Waals surface area contributed by atoms with Gasteiger partial charge in [0.1, 0.15) is 23.9 Å². The lowest BCUT2D eigenvalue weighted by Crippen LogP contribution is -2.37. The van der Waals surface area contributed by atoms with Gasteiger partial charge in [0.05, 0.1) is 26.4 Å². The molecule has 0 spiro atoms. The lowest BCUT2D eigenvalue weighted by molar-refractivity contribution is 0.0358. The summed E-state index contributed by atoms with van der Waals surface area (Å²) >= 11 is 0. The number of hydrogen-bond acceptors (Lipinski definition) is 10. The summed E-state index contributed by atoms with van der Waals surface area (Å²) in [5.41, 5.74) is 6.26. The lowest BCUT2D eigenvalue weighted by atomic mass is 9.96. The van der Waals surface area contributed by atoms with Crippen molar-refractivity contribution < 1.29 is 28.5 Å². The molecule has 0 saturated carbocycles. The maximum atomic E-state index is 9.25. The Bertz CT molecular complexity index is 1760. The van der Waals surface area contributed by atoms with E-state index >= 15 is 0 Å². The van der Waals surface area contributed by atoms with Crippen LogP contribution in [0.1, 0.15) is 29.0 Å². The van der Waals surface area contributed by atoms with Gasteiger partial charge in [-0.1, -0.05) is 54.6 Å². The van der Waals surface area contributed by atoms with Crippen molar-refractivity contribution in [3.05, 3.63) is 114 Å². The third kappa shape index (κ3) is 9.67. The number of hydrogen-bond donors (Lipinski definition) is 2. The zero-order valence-electron chi connectivity index (χ0n) is 28.0. The summed E-state index contributed by atoms with van der Waals surface area (Å²) < 4.78 is 29.9. The van der Waals surface area contributed by atoms with Crippen molar-refractivity contribution in [3.8, 4) is 39.8 Å². The smallest absolute Gasteiger partial charge is 0.254 e. The predicted octanol–water partition coefficient (Wildman–Crippen LogP) is 6.05. The van der Waals surface area contributed by atoms with Gasteiger partial charge in [-0.3, -0.25) is 4.90 Å². The van der Waals surface area contributed by atoms with Crippen LogP contribution in [-0.2, 0) is 24.5 Å². The molecule has 0 bridgehead atoms. The summed E-state index contributed by atoms with van der Waals surface area (Å²) in [6, 6.07) is 30.0. The molecule has 0 amide bonds. The number of aliphatic hydroxyl groups is 1. The second kappa shape index (κ2) is 17.6. The van der Waals surface area contributed by atoms with E-state index in [0.29, 0.717) is 49.6 Å². The first-order valence-electron chi connectivity index (χ1n) is 16.9. The van der Waals surface area contributed by atoms with Gasteiger partial charge < -0.3 is 33.8 Å². The summed E-state index contributed by atoms with van der Waals surface area (Å²) in [6.45, 7) is 8.99. The van der Waals surface area contributed by atoms with Gasteiger partial charge in [0.15, 0.2) is 6.61 Å². The number of ether oxygens (including phenoxy) is 4. The zero-order chi connectivity index (χ0) is 33.7. The zero-order valence-corrected chi connectivity index (χ0v) is 28.0. The summed E-state index contributed by atoms with van der Waals surface area (Å²) in [5.74, 6) is 2.99.